The normalized spacial score (nSPS) is 17.3. The largest absolute Gasteiger partial charge is 0.489 e. The molecule has 3 heterocycles. The van der Waals surface area contributed by atoms with Crippen molar-refractivity contribution in [3.8, 4) is 16.9 Å². The van der Waals surface area contributed by atoms with Gasteiger partial charge in [-0.1, -0.05) is 17.3 Å². The summed E-state index contributed by atoms with van der Waals surface area (Å²) in [7, 11) is -8.12. The Morgan fingerprint density at radius 1 is 1.26 bits per heavy atom. The maximum absolute atomic E-state index is 13.3. The number of β-lactam (4-membered cyclic amide) rings is 1. The van der Waals surface area contributed by atoms with E-state index in [4.69, 9.17) is 25.6 Å². The molecule has 21 heteroatoms. The first kappa shape index (κ1) is 36.1. The number of nitrogen functional groups attached to an aromatic ring is 1. The first-order valence-corrected chi connectivity index (χ1v) is 17.9. The van der Waals surface area contributed by atoms with E-state index in [9.17, 15) is 32.4 Å². The van der Waals surface area contributed by atoms with Crippen molar-refractivity contribution >= 4 is 51.9 Å². The molecule has 1 aromatic carbocycles. The molecule has 1 unspecified atom stereocenters. The number of aromatic nitrogens is 3. The summed E-state index contributed by atoms with van der Waals surface area (Å²) in [6, 6.07) is 6.79. The van der Waals surface area contributed by atoms with Crippen molar-refractivity contribution in [2.75, 3.05) is 18.9 Å². The number of Topliss-reactive ketones (excluding diaryl/α,β-unsaturated/α-hetero) is 1. The Balaban J connectivity index is 1.48. The molecule has 1 aliphatic rings. The van der Waals surface area contributed by atoms with Gasteiger partial charge in [-0.3, -0.25) is 18.7 Å². The minimum atomic E-state index is -5.02. The number of hydroxylamine groups is 2. The molecule has 1 amide bonds. The summed E-state index contributed by atoms with van der Waals surface area (Å²) < 4.78 is 57.3. The van der Waals surface area contributed by atoms with Crippen LogP contribution in [0.5, 0.6) is 5.75 Å². The van der Waals surface area contributed by atoms with E-state index in [1.807, 2.05) is 28.8 Å². The van der Waals surface area contributed by atoms with Crippen LogP contribution in [-0.2, 0) is 47.3 Å². The molecule has 256 valence electrons. The first-order chi connectivity index (χ1) is 21.9. The van der Waals surface area contributed by atoms with E-state index in [0.29, 0.717) is 11.6 Å². The Morgan fingerprint density at radius 3 is 2.49 bits per heavy atom. The number of rotatable bonds is 16. The molecule has 7 N–H and O–H groups in total. The van der Waals surface area contributed by atoms with E-state index in [1.54, 1.807) is 24.3 Å². The van der Waals surface area contributed by atoms with Gasteiger partial charge in [-0.2, -0.15) is 18.2 Å². The summed E-state index contributed by atoms with van der Waals surface area (Å²) >= 11 is 0.951. The highest BCUT2D eigenvalue weighted by atomic mass is 32.3. The Bertz CT molecular complexity index is 1800. The molecular formula is C26H35N7O11PS2+. The van der Waals surface area contributed by atoms with Crippen LogP contribution < -0.4 is 20.9 Å². The summed E-state index contributed by atoms with van der Waals surface area (Å²) in [6.45, 7) is 3.47. The molecule has 4 rings (SSSR count). The summed E-state index contributed by atoms with van der Waals surface area (Å²) in [6.07, 6.45) is 4.19. The van der Waals surface area contributed by atoms with Crippen LogP contribution in [0.3, 0.4) is 0 Å². The van der Waals surface area contributed by atoms with Gasteiger partial charge in [0.2, 0.25) is 6.20 Å². The van der Waals surface area contributed by atoms with Crippen LogP contribution in [0, 0.1) is 5.92 Å². The van der Waals surface area contributed by atoms with Gasteiger partial charge >= 0.3 is 18.0 Å². The van der Waals surface area contributed by atoms with Crippen molar-refractivity contribution < 1.29 is 55.5 Å². The van der Waals surface area contributed by atoms with E-state index < -0.39 is 65.7 Å². The molecule has 1 fully saturated rings. The van der Waals surface area contributed by atoms with Crippen molar-refractivity contribution in [1.82, 2.24) is 14.7 Å². The molecule has 1 saturated heterocycles. The fourth-order valence-corrected chi connectivity index (χ4v) is 6.13. The molecule has 2 aromatic heterocycles. The van der Waals surface area contributed by atoms with Gasteiger partial charge in [0, 0.05) is 11.8 Å². The van der Waals surface area contributed by atoms with Crippen LogP contribution in [0.25, 0.3) is 11.1 Å². The van der Waals surface area contributed by atoms with Crippen molar-refractivity contribution in [2.45, 2.75) is 44.6 Å². The molecule has 0 spiro atoms. The van der Waals surface area contributed by atoms with Crippen molar-refractivity contribution in [2.24, 2.45) is 23.9 Å². The van der Waals surface area contributed by atoms with Gasteiger partial charge in [0.05, 0.1) is 29.8 Å². The second kappa shape index (κ2) is 14.2. The number of carbonyl (C=O) groups is 2. The van der Waals surface area contributed by atoms with Crippen molar-refractivity contribution in [1.29, 1.82) is 0 Å². The second-order valence-corrected chi connectivity index (χ2v) is 14.7. The third kappa shape index (κ3) is 8.79. The van der Waals surface area contributed by atoms with Gasteiger partial charge in [0.1, 0.15) is 18.1 Å². The number of ether oxygens (including phenoxy) is 1. The molecular weight excluding hydrogens is 681 g/mol. The zero-order chi connectivity index (χ0) is 34.7. The summed E-state index contributed by atoms with van der Waals surface area (Å²) in [4.78, 5) is 55.0. The Morgan fingerprint density at radius 2 is 1.94 bits per heavy atom. The number of benzene rings is 1. The fraction of sp³-hybridized carbons (Fsp3) is 0.423. The average Bonchev–Trinajstić information content (AvgIpc) is 3.58. The monoisotopic (exact) mass is 716 g/mol. The SMILES string of the molecule is C[n+]1cc(-c2ccc(OCC(O/N=C(\C(=O)C[C@@H]3C(=O)N(OS(=O)(=O)O)C3(C)C)c3csc(N)n3)P(=O)(O)O)cc2)cn1CCCN. The highest BCUT2D eigenvalue weighted by molar-refractivity contribution is 7.80. The van der Waals surface area contributed by atoms with Gasteiger partial charge < -0.3 is 30.8 Å². The second-order valence-electron chi connectivity index (χ2n) is 11.1. The first-order valence-electron chi connectivity index (χ1n) is 13.9. The number of oxime groups is 1. The molecule has 2 atom stereocenters. The number of carbonyl (C=O) groups excluding carboxylic acids is 2. The zero-order valence-corrected chi connectivity index (χ0v) is 28.0. The van der Waals surface area contributed by atoms with E-state index in [2.05, 4.69) is 14.4 Å². The van der Waals surface area contributed by atoms with Crippen molar-refractivity contribution in [3.05, 3.63) is 47.7 Å². The molecule has 1 aliphatic heterocycles. The van der Waals surface area contributed by atoms with E-state index in [-0.39, 0.29) is 16.6 Å². The highest BCUT2D eigenvalue weighted by Gasteiger charge is 2.57. The van der Waals surface area contributed by atoms with Crippen LogP contribution in [-0.4, -0.2) is 79.4 Å². The average molecular weight is 717 g/mol. The Kier molecular flexibility index (Phi) is 10.9. The van der Waals surface area contributed by atoms with Gasteiger partial charge in [-0.05, 0) is 44.5 Å². The maximum Gasteiger partial charge on any atom is 0.418 e. The smallest absolute Gasteiger partial charge is 0.418 e. The minimum Gasteiger partial charge on any atom is -0.489 e. The molecule has 0 bridgehead atoms. The molecule has 0 radical (unpaired) electrons. The topological polar surface area (TPSA) is 263 Å². The van der Waals surface area contributed by atoms with Crippen LogP contribution >= 0.6 is 18.9 Å². The Labute approximate surface area is 273 Å². The molecule has 0 saturated carbocycles. The third-order valence-corrected chi connectivity index (χ3v) is 9.30. The zero-order valence-electron chi connectivity index (χ0n) is 25.5. The number of hydrogen-bond acceptors (Lipinski definition) is 13. The molecule has 47 heavy (non-hydrogen) atoms. The van der Waals surface area contributed by atoms with E-state index in [0.717, 1.165) is 35.4 Å². The lowest BCUT2D eigenvalue weighted by molar-refractivity contribution is -0.753. The van der Waals surface area contributed by atoms with Crippen LogP contribution in [0.4, 0.5) is 5.13 Å². The minimum absolute atomic E-state index is 0.0486. The van der Waals surface area contributed by atoms with Crippen LogP contribution in [0.15, 0.2) is 47.2 Å². The van der Waals surface area contributed by atoms with Gasteiger partial charge in [0.15, 0.2) is 23.7 Å². The number of aryl methyl sites for hydroxylation is 2. The molecule has 3 aromatic rings. The lowest BCUT2D eigenvalue weighted by Gasteiger charge is -2.50. The number of ketones is 1. The maximum atomic E-state index is 13.3. The number of hydrogen-bond donors (Lipinski definition) is 5. The standard InChI is InChI=1S/C26H34N7O11PS2/c1-26(2)19(24(35)33(26)44-47(39,40)41)11-21(34)23(20-15-46-25(28)29-20)30-43-22(45(36,37)38)14-42-18-7-5-16(6-8-18)17-12-31(3)32(13-17)10-4-9-27/h5-8,12-13,15,19,22H,4,9-11,14,27H2,1-3H3,(H4-,28,29,36,37,38,39,40,41)/p+1/b30-23-/t19-,22?/m1/s1. The number of anilines is 1. The predicted octanol–water partition coefficient (Wildman–Crippen LogP) is 0.601. The fourth-order valence-electron chi connectivity index (χ4n) is 4.68. The van der Waals surface area contributed by atoms with Crippen LogP contribution in [0.1, 0.15) is 32.4 Å². The number of thiazole rings is 1. The highest BCUT2D eigenvalue weighted by Crippen LogP contribution is 2.43. The lowest BCUT2D eigenvalue weighted by Crippen LogP contribution is -2.68. The lowest BCUT2D eigenvalue weighted by atomic mass is 9.74. The number of nitrogens with two attached hydrogens (primary N) is 2. The van der Waals surface area contributed by atoms with E-state index >= 15 is 0 Å². The van der Waals surface area contributed by atoms with Crippen molar-refractivity contribution in [3.63, 3.8) is 0 Å². The van der Waals surface area contributed by atoms with Gasteiger partial charge in [-0.25, -0.2) is 4.98 Å². The van der Waals surface area contributed by atoms with Gasteiger partial charge in [0.25, 0.3) is 11.8 Å². The van der Waals surface area contributed by atoms with Gasteiger partial charge in [-0.15, -0.1) is 20.3 Å². The summed E-state index contributed by atoms with van der Waals surface area (Å²) in [5, 5.41) is 5.54. The third-order valence-electron chi connectivity index (χ3n) is 7.29. The van der Waals surface area contributed by atoms with Crippen LogP contribution in [0.2, 0.25) is 0 Å². The Hall–Kier alpha value is -3.75. The summed E-state index contributed by atoms with van der Waals surface area (Å²) in [5.74, 6) is -4.53. The summed E-state index contributed by atoms with van der Waals surface area (Å²) in [5.41, 5.74) is 11.2. The van der Waals surface area contributed by atoms with E-state index in [1.165, 1.54) is 19.2 Å². The number of amides is 1. The molecule has 0 aliphatic carbocycles. The molecule has 18 nitrogen and oxygen atoms in total. The quantitative estimate of drug-likeness (QED) is 0.0340. The predicted molar refractivity (Wildman–Crippen MR) is 167 cm³/mol. The number of nitrogens with zero attached hydrogens (tertiary/aromatic N) is 5.